The molecule has 3 heteroatoms. The highest BCUT2D eigenvalue weighted by molar-refractivity contribution is 5.21. The lowest BCUT2D eigenvalue weighted by Crippen LogP contribution is -2.56. The predicted molar refractivity (Wildman–Crippen MR) is 79.2 cm³/mol. The van der Waals surface area contributed by atoms with E-state index in [2.05, 4.69) is 55.0 Å². The number of aliphatic hydroxyl groups is 1. The van der Waals surface area contributed by atoms with Gasteiger partial charge in [-0.1, -0.05) is 29.8 Å². The third-order valence-corrected chi connectivity index (χ3v) is 4.08. The fourth-order valence-electron chi connectivity index (χ4n) is 3.05. The Kier molecular flexibility index (Phi) is 4.97. The Morgan fingerprint density at radius 3 is 2.53 bits per heavy atom. The van der Waals surface area contributed by atoms with Crippen molar-refractivity contribution in [2.45, 2.75) is 38.9 Å². The highest BCUT2D eigenvalue weighted by atomic mass is 16.3. The van der Waals surface area contributed by atoms with E-state index in [-0.39, 0.29) is 6.61 Å². The van der Waals surface area contributed by atoms with Crippen molar-refractivity contribution >= 4 is 0 Å². The van der Waals surface area contributed by atoms with Gasteiger partial charge >= 0.3 is 0 Å². The molecule has 2 atom stereocenters. The zero-order chi connectivity index (χ0) is 13.8. The van der Waals surface area contributed by atoms with Gasteiger partial charge in [-0.25, -0.2) is 0 Å². The number of piperazine rings is 1. The van der Waals surface area contributed by atoms with E-state index in [1.807, 2.05) is 0 Å². The summed E-state index contributed by atoms with van der Waals surface area (Å²) >= 11 is 0. The number of hydrogen-bond donors (Lipinski definition) is 1. The second kappa shape index (κ2) is 6.51. The Bertz CT molecular complexity index is 390. The molecule has 0 amide bonds. The van der Waals surface area contributed by atoms with E-state index in [4.69, 9.17) is 0 Å². The summed E-state index contributed by atoms with van der Waals surface area (Å²) in [5.74, 6) is 0. The Morgan fingerprint density at radius 1 is 1.21 bits per heavy atom. The van der Waals surface area contributed by atoms with Gasteiger partial charge in [0.2, 0.25) is 0 Å². The summed E-state index contributed by atoms with van der Waals surface area (Å²) in [6, 6.07) is 9.79. The van der Waals surface area contributed by atoms with Crippen molar-refractivity contribution in [3.05, 3.63) is 35.4 Å². The molecule has 3 nitrogen and oxygen atoms in total. The SMILES string of the molecule is Cc1ccc(CN2C(C)CN(C)CC2CCO)cc1. The summed E-state index contributed by atoms with van der Waals surface area (Å²) in [5.41, 5.74) is 2.67. The molecular weight excluding hydrogens is 236 g/mol. The van der Waals surface area contributed by atoms with Gasteiger partial charge in [-0.05, 0) is 32.9 Å². The fourth-order valence-corrected chi connectivity index (χ4v) is 3.05. The maximum absolute atomic E-state index is 9.27. The molecule has 1 saturated heterocycles. The number of likely N-dealkylation sites (N-methyl/N-ethyl adjacent to an activating group) is 1. The van der Waals surface area contributed by atoms with Crippen LogP contribution in [0, 0.1) is 6.92 Å². The number of hydrogen-bond acceptors (Lipinski definition) is 3. The molecule has 0 aliphatic carbocycles. The van der Waals surface area contributed by atoms with Gasteiger partial charge < -0.3 is 10.0 Å². The van der Waals surface area contributed by atoms with Crippen LogP contribution in [0.15, 0.2) is 24.3 Å². The molecule has 1 aliphatic rings. The lowest BCUT2D eigenvalue weighted by molar-refractivity contribution is 0.0249. The summed E-state index contributed by atoms with van der Waals surface area (Å²) in [5, 5.41) is 9.27. The van der Waals surface area contributed by atoms with Crippen LogP contribution in [0.3, 0.4) is 0 Å². The van der Waals surface area contributed by atoms with Crippen LogP contribution >= 0.6 is 0 Å². The molecule has 0 radical (unpaired) electrons. The molecule has 2 unspecified atom stereocenters. The van der Waals surface area contributed by atoms with E-state index < -0.39 is 0 Å². The standard InChI is InChI=1S/C16H26N2O/c1-13-4-6-15(7-5-13)11-18-14(2)10-17(3)12-16(18)8-9-19/h4-7,14,16,19H,8-12H2,1-3H3. The van der Waals surface area contributed by atoms with E-state index in [9.17, 15) is 5.11 Å². The number of rotatable bonds is 4. The van der Waals surface area contributed by atoms with Crippen LogP contribution < -0.4 is 0 Å². The van der Waals surface area contributed by atoms with E-state index in [1.54, 1.807) is 0 Å². The van der Waals surface area contributed by atoms with E-state index in [0.29, 0.717) is 12.1 Å². The Labute approximate surface area is 116 Å². The third kappa shape index (κ3) is 3.78. The summed E-state index contributed by atoms with van der Waals surface area (Å²) in [6.07, 6.45) is 0.862. The molecule has 19 heavy (non-hydrogen) atoms. The maximum atomic E-state index is 9.27. The second-order valence-corrected chi connectivity index (χ2v) is 5.89. The highest BCUT2D eigenvalue weighted by Gasteiger charge is 2.29. The van der Waals surface area contributed by atoms with Crippen LogP contribution in [0.25, 0.3) is 0 Å². The van der Waals surface area contributed by atoms with Crippen molar-refractivity contribution in [3.63, 3.8) is 0 Å². The van der Waals surface area contributed by atoms with Crippen molar-refractivity contribution in [2.24, 2.45) is 0 Å². The minimum absolute atomic E-state index is 0.273. The molecule has 0 aromatic heterocycles. The van der Waals surface area contributed by atoms with Gasteiger partial charge in [0.15, 0.2) is 0 Å². The zero-order valence-corrected chi connectivity index (χ0v) is 12.3. The van der Waals surface area contributed by atoms with Crippen LogP contribution in [-0.2, 0) is 6.54 Å². The summed E-state index contributed by atoms with van der Waals surface area (Å²) in [4.78, 5) is 4.91. The molecule has 2 rings (SSSR count). The fraction of sp³-hybridized carbons (Fsp3) is 0.625. The van der Waals surface area contributed by atoms with E-state index in [0.717, 1.165) is 26.1 Å². The molecular formula is C16H26N2O. The Balaban J connectivity index is 2.08. The van der Waals surface area contributed by atoms with Crippen molar-refractivity contribution in [1.82, 2.24) is 9.80 Å². The van der Waals surface area contributed by atoms with E-state index >= 15 is 0 Å². The molecule has 1 aromatic rings. The first-order chi connectivity index (χ1) is 9.10. The molecule has 106 valence electrons. The Morgan fingerprint density at radius 2 is 1.89 bits per heavy atom. The summed E-state index contributed by atoms with van der Waals surface area (Å²) < 4.78 is 0. The molecule has 0 spiro atoms. The summed E-state index contributed by atoms with van der Waals surface area (Å²) in [7, 11) is 2.17. The van der Waals surface area contributed by atoms with Crippen molar-refractivity contribution < 1.29 is 5.11 Å². The van der Waals surface area contributed by atoms with Gasteiger partial charge in [0.1, 0.15) is 0 Å². The van der Waals surface area contributed by atoms with Crippen molar-refractivity contribution in [3.8, 4) is 0 Å². The largest absolute Gasteiger partial charge is 0.396 e. The second-order valence-electron chi connectivity index (χ2n) is 5.89. The number of aliphatic hydroxyl groups excluding tert-OH is 1. The third-order valence-electron chi connectivity index (χ3n) is 4.08. The molecule has 1 fully saturated rings. The summed E-state index contributed by atoms with van der Waals surface area (Å²) in [6.45, 7) is 7.82. The quantitative estimate of drug-likeness (QED) is 0.897. The van der Waals surface area contributed by atoms with Crippen molar-refractivity contribution in [1.29, 1.82) is 0 Å². The molecule has 1 aromatic carbocycles. The minimum atomic E-state index is 0.273. The molecule has 0 saturated carbocycles. The van der Waals surface area contributed by atoms with E-state index in [1.165, 1.54) is 11.1 Å². The maximum Gasteiger partial charge on any atom is 0.0446 e. The first kappa shape index (κ1) is 14.5. The van der Waals surface area contributed by atoms with Gasteiger partial charge in [0.25, 0.3) is 0 Å². The topological polar surface area (TPSA) is 26.7 Å². The van der Waals surface area contributed by atoms with Crippen LogP contribution in [0.5, 0.6) is 0 Å². The lowest BCUT2D eigenvalue weighted by atomic mass is 10.0. The number of nitrogens with zero attached hydrogens (tertiary/aromatic N) is 2. The van der Waals surface area contributed by atoms with Crippen molar-refractivity contribution in [2.75, 3.05) is 26.7 Å². The average Bonchev–Trinajstić information content (AvgIpc) is 2.36. The minimum Gasteiger partial charge on any atom is -0.396 e. The van der Waals surface area contributed by atoms with Gasteiger partial charge in [0, 0.05) is 38.3 Å². The van der Waals surface area contributed by atoms with Gasteiger partial charge in [0.05, 0.1) is 0 Å². The molecule has 1 aliphatic heterocycles. The van der Waals surface area contributed by atoms with Gasteiger partial charge in [-0.3, -0.25) is 4.90 Å². The predicted octanol–water partition coefficient (Wildman–Crippen LogP) is 1.88. The number of aryl methyl sites for hydroxylation is 1. The zero-order valence-electron chi connectivity index (χ0n) is 12.3. The van der Waals surface area contributed by atoms with Crippen LogP contribution in [-0.4, -0.2) is 53.7 Å². The normalized spacial score (nSPS) is 25.7. The highest BCUT2D eigenvalue weighted by Crippen LogP contribution is 2.20. The molecule has 0 bridgehead atoms. The monoisotopic (exact) mass is 262 g/mol. The first-order valence-electron chi connectivity index (χ1n) is 7.21. The lowest BCUT2D eigenvalue weighted by Gasteiger charge is -2.44. The average molecular weight is 262 g/mol. The first-order valence-corrected chi connectivity index (χ1v) is 7.21. The molecule has 1 N–H and O–H groups in total. The van der Waals surface area contributed by atoms with Crippen LogP contribution in [0.4, 0.5) is 0 Å². The number of benzene rings is 1. The van der Waals surface area contributed by atoms with Gasteiger partial charge in [-0.15, -0.1) is 0 Å². The van der Waals surface area contributed by atoms with Gasteiger partial charge in [-0.2, -0.15) is 0 Å². The van der Waals surface area contributed by atoms with Crippen LogP contribution in [0.2, 0.25) is 0 Å². The Hall–Kier alpha value is -0.900. The van der Waals surface area contributed by atoms with Crippen LogP contribution in [0.1, 0.15) is 24.5 Å². The smallest absolute Gasteiger partial charge is 0.0446 e. The molecule has 1 heterocycles.